The molecule has 0 spiro atoms. The molecule has 19 heteroatoms. The van der Waals surface area contributed by atoms with Crippen molar-refractivity contribution in [1.82, 2.24) is 20.2 Å². The van der Waals surface area contributed by atoms with E-state index < -0.39 is 47.2 Å². The predicted octanol–water partition coefficient (Wildman–Crippen LogP) is -2.51. The number of carboxylic acids is 2. The number of hydrogen-bond acceptors (Lipinski definition) is 15. The number of aromatic nitrogens is 3. The van der Waals surface area contributed by atoms with Crippen molar-refractivity contribution in [2.24, 2.45) is 10.6 Å². The van der Waals surface area contributed by atoms with E-state index in [9.17, 15) is 24.3 Å². The van der Waals surface area contributed by atoms with E-state index >= 15 is 0 Å². The van der Waals surface area contributed by atoms with Crippen LogP contribution in [0.5, 0.6) is 0 Å². The summed E-state index contributed by atoms with van der Waals surface area (Å²) in [4.78, 5) is 63.5. The Balaban J connectivity index is 1.46. The average molecular weight is 624 g/mol. The van der Waals surface area contributed by atoms with E-state index in [0.29, 0.717) is 17.5 Å². The van der Waals surface area contributed by atoms with Crippen LogP contribution in [0.25, 0.3) is 0 Å². The second-order valence-electron chi connectivity index (χ2n) is 8.94. The number of aliphatic carboxylic acids is 2. The number of nitrogens with two attached hydrogens (primary N) is 3. The van der Waals surface area contributed by atoms with Crippen LogP contribution in [0.2, 0.25) is 0 Å². The minimum Gasteiger partial charge on any atom is -0.549 e. The highest BCUT2D eigenvalue weighted by Crippen LogP contribution is 2.44. The SMILES string of the molecule is C=CC[n+]1c(N)cc(N)nc1SCC1(C(=O)[O-])CS[C@@H]2C(NC(=O)C(=NOCC(=O)O)c3csc(N)n3)C(=O)N2C1. The molecule has 0 bridgehead atoms. The number of fused-ring (bicyclic) bond motifs is 1. The number of oxime groups is 1. The lowest BCUT2D eigenvalue weighted by molar-refractivity contribution is -0.713. The zero-order chi connectivity index (χ0) is 29.9. The summed E-state index contributed by atoms with van der Waals surface area (Å²) in [5, 5.41) is 28.7. The molecule has 2 aliphatic rings. The summed E-state index contributed by atoms with van der Waals surface area (Å²) >= 11 is 3.31. The van der Waals surface area contributed by atoms with Crippen LogP contribution in [0.3, 0.4) is 0 Å². The zero-order valence-electron chi connectivity index (χ0n) is 21.2. The average Bonchev–Trinajstić information content (AvgIpc) is 3.35. The molecule has 41 heavy (non-hydrogen) atoms. The smallest absolute Gasteiger partial charge is 0.344 e. The van der Waals surface area contributed by atoms with Crippen molar-refractivity contribution in [1.29, 1.82) is 0 Å². The monoisotopic (exact) mass is 623 g/mol. The number of thioether (sulfide) groups is 2. The van der Waals surface area contributed by atoms with Crippen LogP contribution in [-0.2, 0) is 30.6 Å². The van der Waals surface area contributed by atoms with Crippen molar-refractivity contribution in [3.63, 3.8) is 0 Å². The van der Waals surface area contributed by atoms with Gasteiger partial charge in [-0.25, -0.2) is 14.3 Å². The summed E-state index contributed by atoms with van der Waals surface area (Å²) in [7, 11) is 0. The van der Waals surface area contributed by atoms with E-state index in [1.165, 1.54) is 28.1 Å². The third-order valence-electron chi connectivity index (χ3n) is 6.04. The molecule has 218 valence electrons. The first-order chi connectivity index (χ1) is 19.5. The van der Waals surface area contributed by atoms with Crippen molar-refractivity contribution >= 4 is 81.1 Å². The number of carbonyl (C=O) groups excluding carboxylic acids is 3. The van der Waals surface area contributed by atoms with Gasteiger partial charge in [-0.15, -0.1) is 23.1 Å². The molecular weight excluding hydrogens is 598 g/mol. The number of nitrogens with zero attached hydrogens (tertiary/aromatic N) is 5. The van der Waals surface area contributed by atoms with Gasteiger partial charge in [0.15, 0.2) is 10.8 Å². The first-order valence-corrected chi connectivity index (χ1v) is 14.6. The van der Waals surface area contributed by atoms with Crippen LogP contribution >= 0.6 is 34.9 Å². The molecule has 0 saturated carbocycles. The third-order valence-corrected chi connectivity index (χ3v) is 9.57. The summed E-state index contributed by atoms with van der Waals surface area (Å²) in [6.45, 7) is 3.05. The molecule has 2 amide bonds. The second-order valence-corrected chi connectivity index (χ2v) is 11.9. The number of allylic oxidation sites excluding steroid dienone is 1. The minimum atomic E-state index is -1.43. The third kappa shape index (κ3) is 6.30. The minimum absolute atomic E-state index is 0.00582. The number of carboxylic acid groups (broad SMARTS) is 2. The number of anilines is 3. The van der Waals surface area contributed by atoms with Gasteiger partial charge in [-0.05, 0) is 0 Å². The van der Waals surface area contributed by atoms with Crippen molar-refractivity contribution in [3.8, 4) is 0 Å². The summed E-state index contributed by atoms with van der Waals surface area (Å²) in [5.74, 6) is -3.43. The van der Waals surface area contributed by atoms with Crippen LogP contribution in [-0.4, -0.2) is 85.5 Å². The van der Waals surface area contributed by atoms with E-state index in [0.717, 1.165) is 23.1 Å². The molecular formula is C22H25N9O7S3. The standard InChI is InChI=1S/C22H25N9O7S3/c1-2-3-30-12(24)4-11(23)27-21(30)41-9-22(19(36)37)7-31-17(35)15(18(31)40-8-22)28-16(34)14(29-38-5-13(32)33)10-6-39-20(25)26-10/h2,4,6,15,18H,1,3,5,7-9H2,(H8,23,24,25,26,28,32,33,34,36,37)/t15?,18-,22?/m1/s1. The van der Waals surface area contributed by atoms with E-state index in [1.807, 2.05) is 0 Å². The van der Waals surface area contributed by atoms with Crippen LogP contribution < -0.4 is 32.2 Å². The van der Waals surface area contributed by atoms with Gasteiger partial charge < -0.3 is 47.3 Å². The highest BCUT2D eigenvalue weighted by molar-refractivity contribution is 8.00. The Morgan fingerprint density at radius 3 is 2.78 bits per heavy atom. The highest BCUT2D eigenvalue weighted by Gasteiger charge is 2.56. The molecule has 2 aliphatic heterocycles. The van der Waals surface area contributed by atoms with Gasteiger partial charge in [-0.2, -0.15) is 0 Å². The molecule has 2 unspecified atom stereocenters. The molecule has 0 aromatic carbocycles. The first-order valence-electron chi connectivity index (χ1n) is 11.7. The first kappa shape index (κ1) is 29.9. The summed E-state index contributed by atoms with van der Waals surface area (Å²) < 4.78 is 1.63. The van der Waals surface area contributed by atoms with Crippen LogP contribution in [0.4, 0.5) is 16.8 Å². The fourth-order valence-electron chi connectivity index (χ4n) is 4.03. The molecule has 2 fully saturated rings. The van der Waals surface area contributed by atoms with Crippen molar-refractivity contribution in [3.05, 3.63) is 29.8 Å². The Labute approximate surface area is 245 Å². The second kappa shape index (κ2) is 12.2. The molecule has 3 atom stereocenters. The number of carbonyl (C=O) groups is 4. The van der Waals surface area contributed by atoms with E-state index in [2.05, 4.69) is 27.0 Å². The molecule has 2 aromatic heterocycles. The Kier molecular flexibility index (Phi) is 8.88. The van der Waals surface area contributed by atoms with Crippen molar-refractivity contribution in [2.45, 2.75) is 23.1 Å². The normalized spacial score (nSPS) is 21.9. The lowest BCUT2D eigenvalue weighted by Gasteiger charge is -2.55. The van der Waals surface area contributed by atoms with E-state index in [4.69, 9.17) is 27.1 Å². The topological polar surface area (TPSA) is 256 Å². The number of nitrogens with one attached hydrogen (secondary N) is 1. The lowest BCUT2D eigenvalue weighted by Crippen LogP contribution is -2.75. The quantitative estimate of drug-likeness (QED) is 0.0311. The number of thiazole rings is 1. The molecule has 0 aliphatic carbocycles. The molecule has 4 heterocycles. The van der Waals surface area contributed by atoms with Gasteiger partial charge in [0.25, 0.3) is 5.91 Å². The lowest BCUT2D eigenvalue weighted by atomic mass is 9.89. The van der Waals surface area contributed by atoms with Crippen molar-refractivity contribution in [2.75, 3.05) is 41.9 Å². The summed E-state index contributed by atoms with van der Waals surface area (Å²) in [6.07, 6.45) is 1.61. The number of β-lactam (4-membered cyclic amide) rings is 1. The maximum Gasteiger partial charge on any atom is 0.344 e. The predicted molar refractivity (Wildman–Crippen MR) is 148 cm³/mol. The Morgan fingerprint density at radius 2 is 2.15 bits per heavy atom. The fourth-order valence-corrected chi connectivity index (χ4v) is 7.46. The Bertz CT molecular complexity index is 1440. The van der Waals surface area contributed by atoms with Gasteiger partial charge in [0.05, 0.1) is 18.6 Å². The summed E-state index contributed by atoms with van der Waals surface area (Å²) in [6, 6.07) is 0.486. The molecule has 2 aromatic rings. The maximum atomic E-state index is 13.0. The largest absolute Gasteiger partial charge is 0.549 e. The highest BCUT2D eigenvalue weighted by atomic mass is 32.2. The molecule has 8 N–H and O–H groups in total. The van der Waals surface area contributed by atoms with E-state index in [-0.39, 0.29) is 40.4 Å². The molecule has 16 nitrogen and oxygen atoms in total. The van der Waals surface area contributed by atoms with Crippen LogP contribution in [0, 0.1) is 5.41 Å². The Hall–Kier alpha value is -4.10. The fraction of sp³-hybridized carbons (Fsp3) is 0.364. The van der Waals surface area contributed by atoms with Gasteiger partial charge in [0.1, 0.15) is 17.1 Å². The van der Waals surface area contributed by atoms with Gasteiger partial charge >= 0.3 is 11.1 Å². The summed E-state index contributed by atoms with van der Waals surface area (Å²) in [5.41, 5.74) is 15.7. The zero-order valence-corrected chi connectivity index (χ0v) is 23.7. The van der Waals surface area contributed by atoms with Crippen molar-refractivity contribution < 1.29 is 38.8 Å². The molecule has 4 rings (SSSR count). The number of hydrogen-bond donors (Lipinski definition) is 5. The van der Waals surface area contributed by atoms with Gasteiger partial charge in [0.2, 0.25) is 24.1 Å². The van der Waals surface area contributed by atoms with Gasteiger partial charge in [-0.1, -0.05) is 34.6 Å². The van der Waals surface area contributed by atoms with E-state index in [1.54, 1.807) is 10.6 Å². The molecule has 2 saturated heterocycles. The molecule has 0 radical (unpaired) electrons. The number of rotatable bonds is 12. The van der Waals surface area contributed by atoms with Gasteiger partial charge in [-0.3, -0.25) is 9.59 Å². The van der Waals surface area contributed by atoms with Gasteiger partial charge in [0, 0.05) is 28.8 Å². The number of amides is 2. The van der Waals surface area contributed by atoms with Crippen LogP contribution in [0.1, 0.15) is 5.69 Å². The Morgan fingerprint density at radius 1 is 1.39 bits per heavy atom. The van der Waals surface area contributed by atoms with Crippen LogP contribution in [0.15, 0.2) is 34.4 Å². The maximum absolute atomic E-state index is 13.0. The number of nitrogen functional groups attached to an aromatic ring is 3.